The number of carbonyl (C=O) groups excluding carboxylic acids is 1. The quantitative estimate of drug-likeness (QED) is 0.752. The van der Waals surface area contributed by atoms with Gasteiger partial charge in [-0.1, -0.05) is 0 Å². The van der Waals surface area contributed by atoms with Crippen LogP contribution in [0.5, 0.6) is 0 Å². The van der Waals surface area contributed by atoms with Crippen LogP contribution in [0.15, 0.2) is 6.07 Å². The standard InChI is InChI=1S/C9H11F2N3O2/c1-16-9(15)5-2-4(3-12)8(13)14-6(5)7(10)11/h2,7H,3,12H2,1H3,(H2,13,14). The molecule has 0 radical (unpaired) electrons. The van der Waals surface area contributed by atoms with Crippen molar-refractivity contribution in [3.63, 3.8) is 0 Å². The van der Waals surface area contributed by atoms with Gasteiger partial charge in [0.2, 0.25) is 0 Å². The summed E-state index contributed by atoms with van der Waals surface area (Å²) in [6, 6.07) is 1.18. The summed E-state index contributed by atoms with van der Waals surface area (Å²) in [6.45, 7) is 0.00630. The molecule has 0 aromatic carbocycles. The molecule has 88 valence electrons. The van der Waals surface area contributed by atoms with Gasteiger partial charge in [0.25, 0.3) is 6.43 Å². The van der Waals surface area contributed by atoms with E-state index in [1.165, 1.54) is 6.07 Å². The van der Waals surface area contributed by atoms with Gasteiger partial charge in [-0.05, 0) is 6.07 Å². The van der Waals surface area contributed by atoms with E-state index in [1.807, 2.05) is 0 Å². The van der Waals surface area contributed by atoms with Crippen LogP contribution in [0, 0.1) is 0 Å². The summed E-state index contributed by atoms with van der Waals surface area (Å²) in [4.78, 5) is 14.7. The number of esters is 1. The zero-order chi connectivity index (χ0) is 12.3. The number of carbonyl (C=O) groups is 1. The molecule has 0 unspecified atom stereocenters. The lowest BCUT2D eigenvalue weighted by Gasteiger charge is -2.10. The first-order valence-electron chi connectivity index (χ1n) is 4.37. The zero-order valence-electron chi connectivity index (χ0n) is 8.54. The van der Waals surface area contributed by atoms with Crippen molar-refractivity contribution in [1.82, 2.24) is 4.98 Å². The number of ether oxygens (including phenoxy) is 1. The van der Waals surface area contributed by atoms with Crippen molar-refractivity contribution < 1.29 is 18.3 Å². The van der Waals surface area contributed by atoms with Gasteiger partial charge in [-0.25, -0.2) is 18.6 Å². The molecule has 1 aromatic rings. The lowest BCUT2D eigenvalue weighted by atomic mass is 10.1. The minimum Gasteiger partial charge on any atom is -0.465 e. The number of hydrogen-bond acceptors (Lipinski definition) is 5. The average molecular weight is 231 g/mol. The van der Waals surface area contributed by atoms with Gasteiger partial charge in [0.1, 0.15) is 11.5 Å². The molecule has 0 aliphatic rings. The maximum Gasteiger partial charge on any atom is 0.339 e. The Labute approximate surface area is 90.4 Å². The molecule has 5 nitrogen and oxygen atoms in total. The van der Waals surface area contributed by atoms with Crippen LogP contribution < -0.4 is 11.5 Å². The minimum atomic E-state index is -2.90. The van der Waals surface area contributed by atoms with Crippen LogP contribution in [-0.2, 0) is 11.3 Å². The lowest BCUT2D eigenvalue weighted by molar-refractivity contribution is 0.0587. The Hall–Kier alpha value is -1.76. The summed E-state index contributed by atoms with van der Waals surface area (Å²) in [7, 11) is 1.09. The first-order chi connectivity index (χ1) is 7.51. The summed E-state index contributed by atoms with van der Waals surface area (Å²) in [5.41, 5.74) is 10.0. The van der Waals surface area contributed by atoms with E-state index < -0.39 is 18.1 Å². The maximum atomic E-state index is 12.6. The van der Waals surface area contributed by atoms with E-state index in [4.69, 9.17) is 11.5 Å². The molecule has 1 heterocycles. The van der Waals surface area contributed by atoms with Crippen molar-refractivity contribution >= 4 is 11.8 Å². The third kappa shape index (κ3) is 2.25. The normalized spacial score (nSPS) is 10.6. The molecule has 0 aliphatic carbocycles. The Morgan fingerprint density at radius 1 is 1.62 bits per heavy atom. The average Bonchev–Trinajstić information content (AvgIpc) is 2.27. The molecule has 0 saturated heterocycles. The van der Waals surface area contributed by atoms with Crippen LogP contribution in [0.4, 0.5) is 14.6 Å². The van der Waals surface area contributed by atoms with Gasteiger partial charge in [0.05, 0.1) is 12.7 Å². The van der Waals surface area contributed by atoms with E-state index in [9.17, 15) is 13.6 Å². The third-order valence-corrected chi connectivity index (χ3v) is 2.00. The number of nitrogen functional groups attached to an aromatic ring is 1. The topological polar surface area (TPSA) is 91.2 Å². The van der Waals surface area contributed by atoms with E-state index in [0.29, 0.717) is 5.56 Å². The molecule has 0 aliphatic heterocycles. The molecule has 0 fully saturated rings. The van der Waals surface area contributed by atoms with Crippen LogP contribution in [-0.4, -0.2) is 18.1 Å². The lowest BCUT2D eigenvalue weighted by Crippen LogP contribution is -2.13. The number of aromatic nitrogens is 1. The van der Waals surface area contributed by atoms with E-state index in [0.717, 1.165) is 7.11 Å². The molecule has 0 amide bonds. The van der Waals surface area contributed by atoms with Crippen molar-refractivity contribution in [2.24, 2.45) is 5.73 Å². The van der Waals surface area contributed by atoms with Crippen LogP contribution in [0.2, 0.25) is 0 Å². The van der Waals surface area contributed by atoms with Crippen LogP contribution in [0.25, 0.3) is 0 Å². The van der Waals surface area contributed by atoms with Crippen molar-refractivity contribution in [2.45, 2.75) is 13.0 Å². The molecular weight excluding hydrogens is 220 g/mol. The summed E-state index contributed by atoms with van der Waals surface area (Å²) >= 11 is 0. The molecular formula is C9H11F2N3O2. The fourth-order valence-corrected chi connectivity index (χ4v) is 1.19. The van der Waals surface area contributed by atoms with Gasteiger partial charge in [0.15, 0.2) is 0 Å². The van der Waals surface area contributed by atoms with Crippen molar-refractivity contribution in [1.29, 1.82) is 0 Å². The number of anilines is 1. The molecule has 1 rings (SSSR count). The largest absolute Gasteiger partial charge is 0.465 e. The summed E-state index contributed by atoms with van der Waals surface area (Å²) < 4.78 is 29.5. The number of methoxy groups -OCH3 is 1. The van der Waals surface area contributed by atoms with Gasteiger partial charge >= 0.3 is 5.97 Å². The summed E-state index contributed by atoms with van der Waals surface area (Å²) in [5, 5.41) is 0. The highest BCUT2D eigenvalue weighted by Crippen LogP contribution is 2.24. The van der Waals surface area contributed by atoms with Gasteiger partial charge in [-0.3, -0.25) is 0 Å². The minimum absolute atomic E-state index is 0.00630. The predicted molar refractivity (Wildman–Crippen MR) is 52.8 cm³/mol. The fraction of sp³-hybridized carbons (Fsp3) is 0.333. The number of nitrogens with zero attached hydrogens (tertiary/aromatic N) is 1. The number of halogens is 2. The van der Waals surface area contributed by atoms with Gasteiger partial charge in [-0.15, -0.1) is 0 Å². The number of pyridine rings is 1. The highest BCUT2D eigenvalue weighted by molar-refractivity contribution is 5.91. The molecule has 16 heavy (non-hydrogen) atoms. The molecule has 0 saturated carbocycles. The molecule has 0 atom stereocenters. The number of alkyl halides is 2. The van der Waals surface area contributed by atoms with Crippen LogP contribution >= 0.6 is 0 Å². The van der Waals surface area contributed by atoms with Crippen LogP contribution in [0.1, 0.15) is 28.0 Å². The fourth-order valence-electron chi connectivity index (χ4n) is 1.19. The maximum absolute atomic E-state index is 12.6. The monoisotopic (exact) mass is 231 g/mol. The molecule has 4 N–H and O–H groups in total. The second kappa shape index (κ2) is 4.84. The Kier molecular flexibility index (Phi) is 3.73. The Morgan fingerprint density at radius 3 is 2.69 bits per heavy atom. The molecule has 0 spiro atoms. The zero-order valence-corrected chi connectivity index (χ0v) is 8.54. The number of hydrogen-bond donors (Lipinski definition) is 2. The number of nitrogens with two attached hydrogens (primary N) is 2. The molecule has 7 heteroatoms. The summed E-state index contributed by atoms with van der Waals surface area (Å²) in [6.07, 6.45) is -2.90. The Morgan fingerprint density at radius 2 is 2.25 bits per heavy atom. The van der Waals surface area contributed by atoms with Gasteiger partial charge in [0, 0.05) is 12.1 Å². The van der Waals surface area contributed by atoms with E-state index in [-0.39, 0.29) is 17.9 Å². The highest BCUT2D eigenvalue weighted by atomic mass is 19.3. The van der Waals surface area contributed by atoms with E-state index >= 15 is 0 Å². The van der Waals surface area contributed by atoms with E-state index in [2.05, 4.69) is 9.72 Å². The van der Waals surface area contributed by atoms with Gasteiger partial charge < -0.3 is 16.2 Å². The van der Waals surface area contributed by atoms with Crippen molar-refractivity contribution in [3.8, 4) is 0 Å². The van der Waals surface area contributed by atoms with Crippen LogP contribution in [0.3, 0.4) is 0 Å². The Balaban J connectivity index is 3.36. The van der Waals surface area contributed by atoms with Crippen molar-refractivity contribution in [2.75, 3.05) is 12.8 Å². The second-order valence-electron chi connectivity index (χ2n) is 2.96. The SMILES string of the molecule is COC(=O)c1cc(CN)c(N)nc1C(F)F. The predicted octanol–water partition coefficient (Wildman–Crippen LogP) is 0.847. The molecule has 0 bridgehead atoms. The Bertz CT molecular complexity index is 410. The highest BCUT2D eigenvalue weighted by Gasteiger charge is 2.22. The smallest absolute Gasteiger partial charge is 0.339 e. The first kappa shape index (κ1) is 12.3. The van der Waals surface area contributed by atoms with Crippen molar-refractivity contribution in [3.05, 3.63) is 22.9 Å². The first-order valence-corrected chi connectivity index (χ1v) is 4.37. The second-order valence-corrected chi connectivity index (χ2v) is 2.96. The third-order valence-electron chi connectivity index (χ3n) is 2.00. The summed E-state index contributed by atoms with van der Waals surface area (Å²) in [5.74, 6) is -0.997. The number of rotatable bonds is 3. The molecule has 1 aromatic heterocycles. The van der Waals surface area contributed by atoms with E-state index in [1.54, 1.807) is 0 Å². The van der Waals surface area contributed by atoms with Gasteiger partial charge in [-0.2, -0.15) is 0 Å².